The Balaban J connectivity index is 1.47. The van der Waals surface area contributed by atoms with Gasteiger partial charge in [-0.25, -0.2) is 0 Å². The molecule has 2 saturated heterocycles. The molecule has 0 spiro atoms. The molecule has 7 heteroatoms. The molecule has 2 heterocycles. The number of rotatable bonds is 5. The average Bonchev–Trinajstić information content (AvgIpc) is 3.24. The maximum absolute atomic E-state index is 13.2. The van der Waals surface area contributed by atoms with E-state index in [2.05, 4.69) is 15.5 Å². The summed E-state index contributed by atoms with van der Waals surface area (Å²) in [4.78, 5) is 41.3. The van der Waals surface area contributed by atoms with E-state index in [1.54, 1.807) is 0 Å². The second kappa shape index (κ2) is 7.78. The third kappa shape index (κ3) is 4.45. The van der Waals surface area contributed by atoms with Crippen LogP contribution in [0.3, 0.4) is 0 Å². The fraction of sp³-hybridized carbons (Fsp3) is 0.850. The average molecular weight is 377 g/mol. The smallest absolute Gasteiger partial charge is 0.246 e. The van der Waals surface area contributed by atoms with E-state index in [-0.39, 0.29) is 35.7 Å². The second-order valence-corrected chi connectivity index (χ2v) is 8.98. The minimum atomic E-state index is -0.458. The van der Waals surface area contributed by atoms with Crippen LogP contribution in [0.2, 0.25) is 0 Å². The van der Waals surface area contributed by atoms with Crippen LogP contribution in [0.1, 0.15) is 51.9 Å². The van der Waals surface area contributed by atoms with Crippen LogP contribution in [0.5, 0.6) is 0 Å². The van der Waals surface area contributed by atoms with E-state index < -0.39 is 6.04 Å². The minimum absolute atomic E-state index is 0.0164. The number of hydrogen-bond acceptors (Lipinski definition) is 4. The van der Waals surface area contributed by atoms with Crippen LogP contribution >= 0.6 is 0 Å². The Morgan fingerprint density at radius 3 is 2.44 bits per heavy atom. The SMILES string of the molecule is CC(=O)N[C@H]1C[C@H]2CN(CC3CCCC3)C[C@H](NC(=O)C3CC3)C(=O)N2C1. The molecular formula is C20H32N4O3. The number of nitrogens with zero attached hydrogens (tertiary/aromatic N) is 2. The first-order valence-electron chi connectivity index (χ1n) is 10.6. The molecular weight excluding hydrogens is 344 g/mol. The van der Waals surface area contributed by atoms with E-state index >= 15 is 0 Å². The zero-order chi connectivity index (χ0) is 19.0. The van der Waals surface area contributed by atoms with Gasteiger partial charge in [0.2, 0.25) is 17.7 Å². The Morgan fingerprint density at radius 1 is 1.04 bits per heavy atom. The van der Waals surface area contributed by atoms with Crippen LogP contribution in [0, 0.1) is 11.8 Å². The Morgan fingerprint density at radius 2 is 1.78 bits per heavy atom. The Hall–Kier alpha value is -1.63. The van der Waals surface area contributed by atoms with Gasteiger partial charge in [-0.2, -0.15) is 0 Å². The number of carbonyl (C=O) groups is 3. The topological polar surface area (TPSA) is 81.8 Å². The highest BCUT2D eigenvalue weighted by atomic mass is 16.2. The predicted molar refractivity (Wildman–Crippen MR) is 101 cm³/mol. The molecule has 2 saturated carbocycles. The quantitative estimate of drug-likeness (QED) is 0.732. The van der Waals surface area contributed by atoms with Crippen molar-refractivity contribution in [2.45, 2.75) is 70.0 Å². The summed E-state index contributed by atoms with van der Waals surface area (Å²) >= 11 is 0. The molecule has 2 aliphatic heterocycles. The van der Waals surface area contributed by atoms with Crippen molar-refractivity contribution < 1.29 is 14.4 Å². The van der Waals surface area contributed by atoms with Gasteiger partial charge in [0, 0.05) is 51.1 Å². The summed E-state index contributed by atoms with van der Waals surface area (Å²) in [6.07, 6.45) is 7.83. The summed E-state index contributed by atoms with van der Waals surface area (Å²) in [6, 6.07) is -0.318. The number of nitrogens with one attached hydrogen (secondary N) is 2. The molecule has 27 heavy (non-hydrogen) atoms. The number of hydrogen-bond donors (Lipinski definition) is 2. The van der Waals surface area contributed by atoms with E-state index in [1.807, 2.05) is 4.90 Å². The normalized spacial score (nSPS) is 32.3. The highest BCUT2D eigenvalue weighted by Gasteiger charge is 2.44. The summed E-state index contributed by atoms with van der Waals surface area (Å²) in [5.41, 5.74) is 0. The largest absolute Gasteiger partial charge is 0.352 e. The first-order valence-corrected chi connectivity index (χ1v) is 10.6. The van der Waals surface area contributed by atoms with Gasteiger partial charge in [-0.05, 0) is 38.0 Å². The van der Waals surface area contributed by atoms with Crippen LogP contribution in [0.15, 0.2) is 0 Å². The van der Waals surface area contributed by atoms with Crippen LogP contribution in [0.25, 0.3) is 0 Å². The van der Waals surface area contributed by atoms with Gasteiger partial charge in [0.15, 0.2) is 0 Å². The van der Waals surface area contributed by atoms with Gasteiger partial charge < -0.3 is 15.5 Å². The first-order chi connectivity index (χ1) is 13.0. The second-order valence-electron chi connectivity index (χ2n) is 8.98. The fourth-order valence-electron chi connectivity index (χ4n) is 5.11. The van der Waals surface area contributed by atoms with E-state index in [1.165, 1.54) is 32.6 Å². The van der Waals surface area contributed by atoms with Crippen molar-refractivity contribution in [3.05, 3.63) is 0 Å². The molecule has 0 radical (unpaired) electrons. The van der Waals surface area contributed by atoms with Gasteiger partial charge in [0.1, 0.15) is 6.04 Å². The van der Waals surface area contributed by atoms with Crippen molar-refractivity contribution in [1.82, 2.24) is 20.4 Å². The molecule has 4 aliphatic rings. The maximum Gasteiger partial charge on any atom is 0.246 e. The molecule has 150 valence electrons. The number of amides is 3. The molecule has 4 rings (SSSR count). The van der Waals surface area contributed by atoms with Crippen molar-refractivity contribution in [1.29, 1.82) is 0 Å². The third-order valence-corrected chi connectivity index (χ3v) is 6.57. The van der Waals surface area contributed by atoms with E-state index in [0.717, 1.165) is 32.4 Å². The summed E-state index contributed by atoms with van der Waals surface area (Å²) in [5.74, 6) is 0.817. The Kier molecular flexibility index (Phi) is 5.39. The van der Waals surface area contributed by atoms with E-state index in [9.17, 15) is 14.4 Å². The lowest BCUT2D eigenvalue weighted by molar-refractivity contribution is -0.136. The zero-order valence-corrected chi connectivity index (χ0v) is 16.3. The van der Waals surface area contributed by atoms with Gasteiger partial charge in [0.05, 0.1) is 0 Å². The molecule has 7 nitrogen and oxygen atoms in total. The minimum Gasteiger partial charge on any atom is -0.352 e. The first kappa shape index (κ1) is 18.7. The molecule has 2 aliphatic carbocycles. The van der Waals surface area contributed by atoms with Crippen LogP contribution in [-0.4, -0.2) is 71.8 Å². The van der Waals surface area contributed by atoms with Crippen molar-refractivity contribution in [2.24, 2.45) is 11.8 Å². The molecule has 0 unspecified atom stereocenters. The summed E-state index contributed by atoms with van der Waals surface area (Å²) < 4.78 is 0. The molecule has 0 aromatic heterocycles. The van der Waals surface area contributed by atoms with Gasteiger partial charge >= 0.3 is 0 Å². The third-order valence-electron chi connectivity index (χ3n) is 6.57. The lowest BCUT2D eigenvalue weighted by Crippen LogP contribution is -2.52. The highest BCUT2D eigenvalue weighted by Crippen LogP contribution is 2.31. The Labute approximate surface area is 161 Å². The molecule has 4 fully saturated rings. The van der Waals surface area contributed by atoms with Crippen molar-refractivity contribution in [2.75, 3.05) is 26.2 Å². The molecule has 0 bridgehead atoms. The van der Waals surface area contributed by atoms with Crippen molar-refractivity contribution >= 4 is 17.7 Å². The summed E-state index contributed by atoms with van der Waals surface area (Å²) in [6.45, 7) is 4.55. The standard InChI is InChI=1S/C20H32N4O3/c1-13(25)21-16-8-17-11-23(9-14-4-2-3-5-14)12-18(20(27)24(17)10-16)22-19(26)15-6-7-15/h14-18H,2-12H2,1H3,(H,21,25)(H,22,26)/t16-,17-,18-/m0/s1. The fourth-order valence-corrected chi connectivity index (χ4v) is 5.11. The van der Waals surface area contributed by atoms with Crippen LogP contribution < -0.4 is 10.6 Å². The van der Waals surface area contributed by atoms with Crippen LogP contribution in [-0.2, 0) is 14.4 Å². The van der Waals surface area contributed by atoms with Crippen molar-refractivity contribution in [3.63, 3.8) is 0 Å². The summed E-state index contributed by atoms with van der Waals surface area (Å²) in [5, 5.41) is 6.01. The lowest BCUT2D eigenvalue weighted by atomic mass is 10.1. The lowest BCUT2D eigenvalue weighted by Gasteiger charge is -2.27. The Bertz CT molecular complexity index is 600. The molecule has 3 amide bonds. The highest BCUT2D eigenvalue weighted by molar-refractivity contribution is 5.90. The van der Waals surface area contributed by atoms with E-state index in [0.29, 0.717) is 19.0 Å². The van der Waals surface area contributed by atoms with Gasteiger partial charge in [0.25, 0.3) is 0 Å². The zero-order valence-electron chi connectivity index (χ0n) is 16.3. The predicted octanol–water partition coefficient (Wildman–Crippen LogP) is 0.493. The maximum atomic E-state index is 13.2. The van der Waals surface area contributed by atoms with E-state index in [4.69, 9.17) is 0 Å². The summed E-state index contributed by atoms with van der Waals surface area (Å²) in [7, 11) is 0. The van der Waals surface area contributed by atoms with Crippen molar-refractivity contribution in [3.8, 4) is 0 Å². The number of fused-ring (bicyclic) bond motifs is 1. The number of carbonyl (C=O) groups excluding carboxylic acids is 3. The molecule has 0 aromatic rings. The monoisotopic (exact) mass is 376 g/mol. The molecule has 2 N–H and O–H groups in total. The van der Waals surface area contributed by atoms with Gasteiger partial charge in [-0.1, -0.05) is 12.8 Å². The van der Waals surface area contributed by atoms with Gasteiger partial charge in [-0.3, -0.25) is 19.3 Å². The molecule has 0 aromatic carbocycles. The van der Waals surface area contributed by atoms with Gasteiger partial charge in [-0.15, -0.1) is 0 Å². The van der Waals surface area contributed by atoms with Crippen LogP contribution in [0.4, 0.5) is 0 Å². The molecule has 3 atom stereocenters.